The van der Waals surface area contributed by atoms with Crippen LogP contribution in [-0.2, 0) is 27.9 Å². The summed E-state index contributed by atoms with van der Waals surface area (Å²) in [6.07, 6.45) is 55.0. The van der Waals surface area contributed by atoms with Crippen LogP contribution in [0.2, 0.25) is 0 Å². The molecule has 0 heterocycles. The van der Waals surface area contributed by atoms with Crippen LogP contribution >= 0.6 is 7.82 Å². The number of rotatable bonds is 43. The standard InChI is InChI=1S/C50H90NO7P/c1-6-8-10-12-14-16-18-20-22-24-25-26-28-30-32-34-36-38-40-42-45-55-47-49(48-57-59(53,54)56-46-44-51(3,4)5)58-50(52)43-41-39-37-35-33-31-29-27-23-21-19-17-15-13-11-9-7-2/h9,11,14-17,20-23,25-26,49H,6-8,10,12-13,18-19,24,27-48H2,1-5H3/p+1/b11-9-,16-14-,17-15-,22-20-,23-21-,26-25-. The van der Waals surface area contributed by atoms with E-state index in [0.29, 0.717) is 24.1 Å². The summed E-state index contributed by atoms with van der Waals surface area (Å²) < 4.78 is 35.1. The Morgan fingerprint density at radius 1 is 0.542 bits per heavy atom. The van der Waals surface area contributed by atoms with Gasteiger partial charge in [-0.05, 0) is 83.5 Å². The Balaban J connectivity index is 4.24. The number of phosphoric ester groups is 1. The molecule has 0 rings (SSSR count). The van der Waals surface area contributed by atoms with Crippen LogP contribution in [0.4, 0.5) is 0 Å². The van der Waals surface area contributed by atoms with Gasteiger partial charge in [-0.1, -0.05) is 164 Å². The largest absolute Gasteiger partial charge is 0.472 e. The van der Waals surface area contributed by atoms with E-state index in [-0.39, 0.29) is 25.8 Å². The SMILES string of the molecule is CC/C=C\C/C=C\C/C=C\CCCCCCCCCC(=O)OC(COCCCCCCCCC/C=C\C/C=C\C/C=C\CCCCC)COP(=O)(O)OCC[N+](C)(C)C. The molecule has 0 fully saturated rings. The molecule has 8 nitrogen and oxygen atoms in total. The Kier molecular flexibility index (Phi) is 41.1. The Morgan fingerprint density at radius 2 is 0.983 bits per heavy atom. The van der Waals surface area contributed by atoms with E-state index in [1.54, 1.807) is 0 Å². The second kappa shape index (κ2) is 42.6. The predicted molar refractivity (Wildman–Crippen MR) is 252 cm³/mol. The number of ether oxygens (including phenoxy) is 2. The number of allylic oxidation sites excluding steroid dienone is 12. The van der Waals surface area contributed by atoms with Crippen LogP contribution in [0.15, 0.2) is 72.9 Å². The molecule has 0 aliphatic carbocycles. The highest BCUT2D eigenvalue weighted by molar-refractivity contribution is 7.47. The number of carbonyl (C=O) groups is 1. The van der Waals surface area contributed by atoms with E-state index in [4.69, 9.17) is 18.5 Å². The van der Waals surface area contributed by atoms with Crippen LogP contribution in [0.5, 0.6) is 0 Å². The molecule has 2 atom stereocenters. The molecule has 0 aliphatic rings. The lowest BCUT2D eigenvalue weighted by molar-refractivity contribution is -0.870. The fourth-order valence-electron chi connectivity index (χ4n) is 6.10. The molecular formula is C50H91NO7P+. The van der Waals surface area contributed by atoms with Gasteiger partial charge in [0, 0.05) is 13.0 Å². The van der Waals surface area contributed by atoms with Crippen LogP contribution in [-0.4, -0.2) is 75.6 Å². The summed E-state index contributed by atoms with van der Waals surface area (Å²) in [7, 11) is 1.64. The van der Waals surface area contributed by atoms with Gasteiger partial charge in [0.1, 0.15) is 19.3 Å². The number of carbonyl (C=O) groups excluding carboxylic acids is 1. The summed E-state index contributed by atoms with van der Waals surface area (Å²) in [6.45, 7) is 5.44. The maximum Gasteiger partial charge on any atom is 0.472 e. The second-order valence-electron chi connectivity index (χ2n) is 16.8. The predicted octanol–water partition coefficient (Wildman–Crippen LogP) is 14.3. The highest BCUT2D eigenvalue weighted by Crippen LogP contribution is 2.43. The van der Waals surface area contributed by atoms with Gasteiger partial charge in [0.05, 0.1) is 34.4 Å². The van der Waals surface area contributed by atoms with Gasteiger partial charge in [-0.15, -0.1) is 0 Å². The van der Waals surface area contributed by atoms with Crippen molar-refractivity contribution in [2.24, 2.45) is 0 Å². The van der Waals surface area contributed by atoms with Crippen LogP contribution in [0.25, 0.3) is 0 Å². The van der Waals surface area contributed by atoms with Crippen LogP contribution in [0.1, 0.15) is 181 Å². The molecule has 0 aromatic heterocycles. The first-order chi connectivity index (χ1) is 28.6. The van der Waals surface area contributed by atoms with Gasteiger partial charge in [0.15, 0.2) is 0 Å². The first-order valence-electron chi connectivity index (χ1n) is 23.7. The molecule has 0 spiro atoms. The number of phosphoric acid groups is 1. The Bertz CT molecular complexity index is 1170. The van der Waals surface area contributed by atoms with Gasteiger partial charge in [-0.2, -0.15) is 0 Å². The van der Waals surface area contributed by atoms with Crippen molar-refractivity contribution in [2.45, 2.75) is 187 Å². The number of esters is 1. The highest BCUT2D eigenvalue weighted by atomic mass is 31.2. The molecule has 2 unspecified atom stereocenters. The third-order valence-electron chi connectivity index (χ3n) is 9.75. The van der Waals surface area contributed by atoms with Crippen molar-refractivity contribution in [1.82, 2.24) is 0 Å². The van der Waals surface area contributed by atoms with Gasteiger partial charge in [0.2, 0.25) is 0 Å². The second-order valence-corrected chi connectivity index (χ2v) is 18.2. The zero-order chi connectivity index (χ0) is 43.4. The van der Waals surface area contributed by atoms with Crippen molar-refractivity contribution < 1.29 is 37.3 Å². The lowest BCUT2D eigenvalue weighted by Gasteiger charge is -2.24. The molecule has 0 bridgehead atoms. The van der Waals surface area contributed by atoms with E-state index in [1.807, 2.05) is 21.1 Å². The zero-order valence-corrected chi connectivity index (χ0v) is 39.6. The van der Waals surface area contributed by atoms with Crippen molar-refractivity contribution in [3.8, 4) is 0 Å². The lowest BCUT2D eigenvalue weighted by Crippen LogP contribution is -2.37. The third-order valence-corrected chi connectivity index (χ3v) is 10.7. The highest BCUT2D eigenvalue weighted by Gasteiger charge is 2.26. The molecule has 0 saturated heterocycles. The molecule has 9 heteroatoms. The summed E-state index contributed by atoms with van der Waals surface area (Å²) in [5.74, 6) is -0.330. The number of likely N-dealkylation sites (N-methyl/N-ethyl adjacent to an activating group) is 1. The van der Waals surface area contributed by atoms with E-state index < -0.39 is 13.9 Å². The van der Waals surface area contributed by atoms with E-state index in [1.165, 1.54) is 83.5 Å². The van der Waals surface area contributed by atoms with Gasteiger partial charge in [-0.3, -0.25) is 13.8 Å². The molecule has 0 amide bonds. The van der Waals surface area contributed by atoms with Crippen molar-refractivity contribution in [1.29, 1.82) is 0 Å². The van der Waals surface area contributed by atoms with E-state index in [9.17, 15) is 14.3 Å². The van der Waals surface area contributed by atoms with Crippen LogP contribution in [0.3, 0.4) is 0 Å². The zero-order valence-electron chi connectivity index (χ0n) is 38.7. The minimum Gasteiger partial charge on any atom is -0.457 e. The molecule has 0 aromatic rings. The molecule has 0 aromatic carbocycles. The quantitative estimate of drug-likeness (QED) is 0.0215. The van der Waals surface area contributed by atoms with Gasteiger partial charge < -0.3 is 18.9 Å². The first kappa shape index (κ1) is 56.9. The molecule has 59 heavy (non-hydrogen) atoms. The summed E-state index contributed by atoms with van der Waals surface area (Å²) >= 11 is 0. The normalized spacial score (nSPS) is 14.3. The van der Waals surface area contributed by atoms with Crippen molar-refractivity contribution in [3.63, 3.8) is 0 Å². The first-order valence-corrected chi connectivity index (χ1v) is 25.2. The lowest BCUT2D eigenvalue weighted by atomic mass is 10.1. The van der Waals surface area contributed by atoms with Crippen molar-refractivity contribution >= 4 is 13.8 Å². The van der Waals surface area contributed by atoms with Crippen molar-refractivity contribution in [2.75, 3.05) is 54.1 Å². The molecule has 0 saturated carbocycles. The number of unbranched alkanes of at least 4 members (excludes halogenated alkanes) is 17. The van der Waals surface area contributed by atoms with Crippen LogP contribution < -0.4 is 0 Å². The van der Waals surface area contributed by atoms with Gasteiger partial charge in [0.25, 0.3) is 0 Å². The molecule has 0 radical (unpaired) electrons. The molecule has 0 aliphatic heterocycles. The molecule has 1 N–H and O–H groups in total. The summed E-state index contributed by atoms with van der Waals surface area (Å²) in [4.78, 5) is 22.9. The third kappa shape index (κ3) is 46.9. The monoisotopic (exact) mass is 849 g/mol. The number of quaternary nitrogens is 1. The topological polar surface area (TPSA) is 91.3 Å². The van der Waals surface area contributed by atoms with E-state index in [0.717, 1.165) is 77.0 Å². The Morgan fingerprint density at radius 3 is 1.47 bits per heavy atom. The van der Waals surface area contributed by atoms with Crippen LogP contribution in [0, 0.1) is 0 Å². The molecule has 342 valence electrons. The number of hydrogen-bond donors (Lipinski definition) is 1. The smallest absolute Gasteiger partial charge is 0.457 e. The summed E-state index contributed by atoms with van der Waals surface area (Å²) in [5, 5.41) is 0. The van der Waals surface area contributed by atoms with E-state index in [2.05, 4.69) is 86.8 Å². The van der Waals surface area contributed by atoms with Crippen molar-refractivity contribution in [3.05, 3.63) is 72.9 Å². The van der Waals surface area contributed by atoms with E-state index >= 15 is 0 Å². The average Bonchev–Trinajstić information content (AvgIpc) is 3.19. The Hall–Kier alpha value is -2.06. The number of hydrogen-bond acceptors (Lipinski definition) is 6. The van der Waals surface area contributed by atoms with Gasteiger partial charge in [-0.25, -0.2) is 4.57 Å². The van der Waals surface area contributed by atoms with Gasteiger partial charge >= 0.3 is 13.8 Å². The minimum atomic E-state index is -4.29. The number of nitrogens with zero attached hydrogens (tertiary/aromatic N) is 1. The minimum absolute atomic E-state index is 0.0807. The summed E-state index contributed by atoms with van der Waals surface area (Å²) in [6, 6.07) is 0. The fraction of sp³-hybridized carbons (Fsp3) is 0.740. The average molecular weight is 849 g/mol. The molecular weight excluding hydrogens is 758 g/mol. The Labute approximate surface area is 363 Å². The summed E-state index contributed by atoms with van der Waals surface area (Å²) in [5.41, 5.74) is 0. The maximum atomic E-state index is 12.7. The maximum absolute atomic E-state index is 12.7. The fourth-order valence-corrected chi connectivity index (χ4v) is 6.84.